The van der Waals surface area contributed by atoms with Crippen LogP contribution in [0, 0.1) is 12.3 Å². The fourth-order valence-corrected chi connectivity index (χ4v) is 5.58. The number of hydrogen-bond donors (Lipinski definition) is 3. The van der Waals surface area contributed by atoms with Gasteiger partial charge in [-0.05, 0) is 36.8 Å². The van der Waals surface area contributed by atoms with Gasteiger partial charge in [0.2, 0.25) is 0 Å². The number of anilines is 1. The van der Waals surface area contributed by atoms with Crippen molar-refractivity contribution in [1.82, 2.24) is 34.7 Å². The molecule has 0 bridgehead atoms. The molecule has 10 nitrogen and oxygen atoms in total. The van der Waals surface area contributed by atoms with Gasteiger partial charge in [-0.15, -0.1) is 0 Å². The first-order valence-corrected chi connectivity index (χ1v) is 12.9. The van der Waals surface area contributed by atoms with Crippen molar-refractivity contribution >= 4 is 35.0 Å². The van der Waals surface area contributed by atoms with Crippen LogP contribution in [0.1, 0.15) is 22.3 Å². The molecule has 2 aliphatic heterocycles. The number of piperazine rings is 1. The van der Waals surface area contributed by atoms with Crippen molar-refractivity contribution in [1.29, 1.82) is 5.41 Å². The first-order valence-electron chi connectivity index (χ1n) is 11.7. The molecule has 2 aliphatic rings. The maximum absolute atomic E-state index is 13.1. The highest BCUT2D eigenvalue weighted by Crippen LogP contribution is 2.23. The third-order valence-corrected chi connectivity index (χ3v) is 7.45. The molecule has 5 rings (SSSR count). The van der Waals surface area contributed by atoms with Gasteiger partial charge in [-0.1, -0.05) is 6.07 Å². The minimum atomic E-state index is -0.360. The van der Waals surface area contributed by atoms with Crippen LogP contribution in [-0.2, 0) is 0 Å². The molecular formula is C24H29N9OS. The highest BCUT2D eigenvalue weighted by molar-refractivity contribution is 7.99. The number of carbonyl (C=O) groups is 1. The first kappa shape index (κ1) is 23.3. The van der Waals surface area contributed by atoms with E-state index < -0.39 is 0 Å². The smallest absolute Gasteiger partial charge is 0.262 e. The number of amides is 1. The molecule has 182 valence electrons. The third-order valence-electron chi connectivity index (χ3n) is 6.30. The molecule has 0 aliphatic carbocycles. The lowest BCUT2D eigenvalue weighted by Crippen LogP contribution is -2.51. The Hall–Kier alpha value is -3.44. The summed E-state index contributed by atoms with van der Waals surface area (Å²) in [4.78, 5) is 26.4. The molecular weight excluding hydrogens is 462 g/mol. The maximum atomic E-state index is 13.1. The van der Waals surface area contributed by atoms with E-state index in [0.717, 1.165) is 31.7 Å². The molecule has 3 aromatic heterocycles. The van der Waals surface area contributed by atoms with Gasteiger partial charge in [0.05, 0.1) is 6.20 Å². The number of fused-ring (bicyclic) bond motifs is 1. The Morgan fingerprint density at radius 2 is 2.06 bits per heavy atom. The van der Waals surface area contributed by atoms with Crippen LogP contribution < -0.4 is 10.6 Å². The van der Waals surface area contributed by atoms with E-state index in [-0.39, 0.29) is 5.91 Å². The minimum absolute atomic E-state index is 0.346. The lowest BCUT2D eigenvalue weighted by Gasteiger charge is -2.38. The Morgan fingerprint density at radius 3 is 2.80 bits per heavy atom. The van der Waals surface area contributed by atoms with E-state index in [2.05, 4.69) is 30.6 Å². The molecule has 2 saturated heterocycles. The van der Waals surface area contributed by atoms with Gasteiger partial charge in [0.1, 0.15) is 23.0 Å². The summed E-state index contributed by atoms with van der Waals surface area (Å²) in [5, 5.41) is 19.0. The quantitative estimate of drug-likeness (QED) is 0.355. The van der Waals surface area contributed by atoms with Crippen molar-refractivity contribution in [3.05, 3.63) is 66.0 Å². The first-order chi connectivity index (χ1) is 17.1. The number of thioether (sulfide) groups is 1. The van der Waals surface area contributed by atoms with Crippen molar-refractivity contribution in [2.45, 2.75) is 19.4 Å². The molecule has 0 saturated carbocycles. The number of aryl methyl sites for hydroxylation is 1. The summed E-state index contributed by atoms with van der Waals surface area (Å²) in [5.74, 6) is 3.39. The van der Waals surface area contributed by atoms with E-state index >= 15 is 0 Å². The van der Waals surface area contributed by atoms with E-state index in [1.54, 1.807) is 35.2 Å². The number of hydrogen-bond acceptors (Lipinski definition) is 8. The van der Waals surface area contributed by atoms with Crippen LogP contribution in [0.4, 0.5) is 5.82 Å². The molecule has 2 fully saturated rings. The van der Waals surface area contributed by atoms with E-state index in [9.17, 15) is 4.79 Å². The molecule has 1 amide bonds. The molecule has 0 radical (unpaired) electrons. The van der Waals surface area contributed by atoms with E-state index in [1.807, 2.05) is 35.7 Å². The summed E-state index contributed by atoms with van der Waals surface area (Å²) in [5.41, 5.74) is 1.85. The molecule has 35 heavy (non-hydrogen) atoms. The van der Waals surface area contributed by atoms with Crippen molar-refractivity contribution in [2.75, 3.05) is 43.0 Å². The van der Waals surface area contributed by atoms with Gasteiger partial charge >= 0.3 is 0 Å². The third kappa shape index (κ3) is 5.46. The average Bonchev–Trinajstić information content (AvgIpc) is 3.56. The number of nitrogens with zero attached hydrogens (tertiary/aromatic N) is 6. The highest BCUT2D eigenvalue weighted by atomic mass is 32.2. The van der Waals surface area contributed by atoms with Crippen molar-refractivity contribution in [3.8, 4) is 0 Å². The zero-order valence-corrected chi connectivity index (χ0v) is 20.5. The fourth-order valence-electron chi connectivity index (χ4n) is 4.33. The Bertz CT molecular complexity index is 1230. The lowest BCUT2D eigenvalue weighted by molar-refractivity contribution is 0.0967. The zero-order chi connectivity index (χ0) is 24.2. The Morgan fingerprint density at radius 1 is 1.20 bits per heavy atom. The van der Waals surface area contributed by atoms with E-state index in [4.69, 9.17) is 5.41 Å². The van der Waals surface area contributed by atoms with E-state index in [0.29, 0.717) is 34.7 Å². The fraction of sp³-hybridized carbons (Fsp3) is 0.375. The van der Waals surface area contributed by atoms with Crippen LogP contribution in [0.2, 0.25) is 0 Å². The molecule has 5 heterocycles. The Kier molecular flexibility index (Phi) is 6.96. The molecule has 11 heteroatoms. The van der Waals surface area contributed by atoms with Crippen LogP contribution >= 0.6 is 11.8 Å². The summed E-state index contributed by atoms with van der Waals surface area (Å²) in [6, 6.07) is 6.20. The standard InChI is InChI=1S/C24H29N9OS/c1-17-3-4-21(27-14-17)29-22(30-24(34)19-15-28-33-7-2-6-26-23(19)33)13-20(25)32-10-8-31(9-11-32)18-5-12-35-16-18/h2-4,6-7,13-15,18,25H,5,8-12,16H2,1H3,(H,27,29)(H,30,34)/b22-13+,25-20?. The summed E-state index contributed by atoms with van der Waals surface area (Å²) >= 11 is 2.03. The summed E-state index contributed by atoms with van der Waals surface area (Å²) < 4.78 is 1.55. The number of pyridine rings is 1. The van der Waals surface area contributed by atoms with Crippen LogP contribution in [0.15, 0.2) is 54.9 Å². The predicted octanol–water partition coefficient (Wildman–Crippen LogP) is 2.22. The lowest BCUT2D eigenvalue weighted by atomic mass is 10.2. The number of nitrogens with one attached hydrogen (secondary N) is 3. The topological polar surface area (TPSA) is 115 Å². The number of rotatable bonds is 6. The molecule has 1 atom stereocenters. The Balaban J connectivity index is 1.32. The monoisotopic (exact) mass is 491 g/mol. The van der Waals surface area contributed by atoms with Crippen LogP contribution in [0.25, 0.3) is 5.65 Å². The second-order valence-electron chi connectivity index (χ2n) is 8.73. The summed E-state index contributed by atoms with van der Waals surface area (Å²) in [6.45, 7) is 5.44. The van der Waals surface area contributed by atoms with Gasteiger partial charge < -0.3 is 15.5 Å². The van der Waals surface area contributed by atoms with Gasteiger partial charge in [0, 0.05) is 62.6 Å². The van der Waals surface area contributed by atoms with Gasteiger partial charge in [0.15, 0.2) is 5.65 Å². The normalized spacial score (nSPS) is 19.2. The summed E-state index contributed by atoms with van der Waals surface area (Å²) in [6.07, 6.45) is 9.51. The highest BCUT2D eigenvalue weighted by Gasteiger charge is 2.27. The van der Waals surface area contributed by atoms with Crippen molar-refractivity contribution in [3.63, 3.8) is 0 Å². The summed E-state index contributed by atoms with van der Waals surface area (Å²) in [7, 11) is 0. The van der Waals surface area contributed by atoms with Gasteiger partial charge in [-0.3, -0.25) is 15.1 Å². The zero-order valence-electron chi connectivity index (χ0n) is 19.6. The second kappa shape index (κ2) is 10.4. The minimum Gasteiger partial charge on any atom is -0.354 e. The largest absolute Gasteiger partial charge is 0.354 e. The van der Waals surface area contributed by atoms with Gasteiger partial charge in [-0.2, -0.15) is 16.9 Å². The van der Waals surface area contributed by atoms with Crippen LogP contribution in [-0.4, -0.2) is 84.9 Å². The van der Waals surface area contributed by atoms with Crippen molar-refractivity contribution < 1.29 is 4.79 Å². The molecule has 1 unspecified atom stereocenters. The van der Waals surface area contributed by atoms with Crippen LogP contribution in [0.5, 0.6) is 0 Å². The molecule has 0 aromatic carbocycles. The molecule has 0 spiro atoms. The van der Waals surface area contributed by atoms with Gasteiger partial charge in [0.25, 0.3) is 5.91 Å². The number of aromatic nitrogens is 4. The second-order valence-corrected chi connectivity index (χ2v) is 9.88. The van der Waals surface area contributed by atoms with E-state index in [1.165, 1.54) is 24.1 Å². The number of carbonyl (C=O) groups excluding carboxylic acids is 1. The molecule has 3 N–H and O–H groups in total. The number of amidine groups is 1. The maximum Gasteiger partial charge on any atom is 0.262 e. The van der Waals surface area contributed by atoms with Gasteiger partial charge in [-0.25, -0.2) is 14.5 Å². The predicted molar refractivity (Wildman–Crippen MR) is 138 cm³/mol. The van der Waals surface area contributed by atoms with Crippen LogP contribution in [0.3, 0.4) is 0 Å². The average molecular weight is 492 g/mol. The van der Waals surface area contributed by atoms with Crippen molar-refractivity contribution in [2.24, 2.45) is 0 Å². The SMILES string of the molecule is Cc1ccc(N/C(=C\C(=N)N2CCN(C3CCSC3)CC2)NC(=O)c2cnn3cccnc23)nc1. The molecule has 3 aromatic rings. The Labute approximate surface area is 208 Å².